The molecule has 0 aliphatic rings. The van der Waals surface area contributed by atoms with Crippen molar-refractivity contribution in [1.82, 2.24) is 14.5 Å². The summed E-state index contributed by atoms with van der Waals surface area (Å²) in [4.78, 5) is 7.19. The van der Waals surface area contributed by atoms with E-state index in [9.17, 15) is 34.8 Å². The summed E-state index contributed by atoms with van der Waals surface area (Å²) in [6.45, 7) is 1.35. The van der Waals surface area contributed by atoms with E-state index in [4.69, 9.17) is 11.6 Å². The summed E-state index contributed by atoms with van der Waals surface area (Å²) < 4.78 is 106. The standard InChI is InChI=1S/C17H11ClF6N4O2S/c1-9-2-10(16(19,20)21)4-12(3-9)27-31(29,30)14-7-25-8-28(14)15-13(18)5-11(6-26-15)17(22,23)24/h2-8,27H,1H3. The zero-order valence-corrected chi connectivity index (χ0v) is 16.8. The van der Waals surface area contributed by atoms with Crippen LogP contribution in [-0.2, 0) is 22.4 Å². The van der Waals surface area contributed by atoms with Gasteiger partial charge in [-0.2, -0.15) is 34.8 Å². The zero-order chi connectivity index (χ0) is 23.2. The van der Waals surface area contributed by atoms with Crippen LogP contribution in [0.4, 0.5) is 32.0 Å². The number of rotatable bonds is 4. The highest BCUT2D eigenvalue weighted by Gasteiger charge is 2.33. The molecule has 0 aliphatic carbocycles. The van der Waals surface area contributed by atoms with Crippen LogP contribution in [0.15, 0.2) is 48.0 Å². The number of hydrogen-bond donors (Lipinski definition) is 1. The fraction of sp³-hybridized carbons (Fsp3) is 0.176. The van der Waals surface area contributed by atoms with E-state index in [1.54, 1.807) is 0 Å². The van der Waals surface area contributed by atoms with Gasteiger partial charge in [0.15, 0.2) is 10.8 Å². The molecule has 3 rings (SSSR count). The van der Waals surface area contributed by atoms with Crippen LogP contribution in [0.2, 0.25) is 5.02 Å². The van der Waals surface area contributed by atoms with Gasteiger partial charge in [0.2, 0.25) is 0 Å². The average Bonchev–Trinajstić information content (AvgIpc) is 3.09. The SMILES string of the molecule is Cc1cc(NS(=O)(=O)c2cncn2-c2ncc(C(F)(F)F)cc2Cl)cc(C(F)(F)F)c1. The number of alkyl halides is 6. The molecular formula is C17H11ClF6N4O2S. The molecule has 0 aliphatic heterocycles. The highest BCUT2D eigenvalue weighted by molar-refractivity contribution is 7.92. The van der Waals surface area contributed by atoms with Gasteiger partial charge in [0, 0.05) is 11.9 Å². The molecule has 0 fully saturated rings. The van der Waals surface area contributed by atoms with E-state index >= 15 is 0 Å². The molecule has 1 aromatic carbocycles. The monoisotopic (exact) mass is 484 g/mol. The Hall–Kier alpha value is -2.80. The molecule has 6 nitrogen and oxygen atoms in total. The van der Waals surface area contributed by atoms with Gasteiger partial charge in [0.05, 0.1) is 22.3 Å². The topological polar surface area (TPSA) is 76.9 Å². The van der Waals surface area contributed by atoms with Crippen LogP contribution >= 0.6 is 11.6 Å². The molecule has 0 radical (unpaired) electrons. The van der Waals surface area contributed by atoms with E-state index in [2.05, 4.69) is 9.97 Å². The van der Waals surface area contributed by atoms with E-state index in [0.29, 0.717) is 18.3 Å². The summed E-state index contributed by atoms with van der Waals surface area (Å²) in [5.41, 5.74) is -2.44. The van der Waals surface area contributed by atoms with E-state index in [0.717, 1.165) is 23.2 Å². The van der Waals surface area contributed by atoms with Crippen molar-refractivity contribution in [2.75, 3.05) is 4.72 Å². The van der Waals surface area contributed by atoms with Gasteiger partial charge >= 0.3 is 12.4 Å². The lowest BCUT2D eigenvalue weighted by atomic mass is 10.1. The molecule has 0 saturated carbocycles. The van der Waals surface area contributed by atoms with Crippen LogP contribution in [0, 0.1) is 6.92 Å². The number of aromatic nitrogens is 3. The first-order valence-electron chi connectivity index (χ1n) is 8.15. The average molecular weight is 485 g/mol. The van der Waals surface area contributed by atoms with Crippen LogP contribution in [0.5, 0.6) is 0 Å². The first-order chi connectivity index (χ1) is 14.2. The summed E-state index contributed by atoms with van der Waals surface area (Å²) in [6.07, 6.45) is -7.18. The summed E-state index contributed by atoms with van der Waals surface area (Å²) in [7, 11) is -4.52. The van der Waals surface area contributed by atoms with Crippen molar-refractivity contribution in [1.29, 1.82) is 0 Å². The molecule has 31 heavy (non-hydrogen) atoms. The van der Waals surface area contributed by atoms with E-state index in [1.165, 1.54) is 13.0 Å². The number of sulfonamides is 1. The van der Waals surface area contributed by atoms with Gasteiger partial charge in [-0.25, -0.2) is 9.97 Å². The third-order valence-corrected chi connectivity index (χ3v) is 5.55. The van der Waals surface area contributed by atoms with Crippen molar-refractivity contribution in [3.05, 3.63) is 64.7 Å². The fourth-order valence-corrected chi connectivity index (χ4v) is 4.00. The number of nitrogens with one attached hydrogen (secondary N) is 1. The van der Waals surface area contributed by atoms with Crippen LogP contribution in [0.3, 0.4) is 0 Å². The number of hydrogen-bond acceptors (Lipinski definition) is 4. The Morgan fingerprint density at radius 2 is 1.61 bits per heavy atom. The number of nitrogens with zero attached hydrogens (tertiary/aromatic N) is 3. The van der Waals surface area contributed by atoms with Gasteiger partial charge in [-0.05, 0) is 36.8 Å². The maximum Gasteiger partial charge on any atom is 0.417 e. The number of aryl methyl sites for hydroxylation is 1. The van der Waals surface area contributed by atoms with Gasteiger partial charge in [-0.1, -0.05) is 11.6 Å². The Morgan fingerprint density at radius 1 is 0.968 bits per heavy atom. The first-order valence-corrected chi connectivity index (χ1v) is 10.0. The van der Waals surface area contributed by atoms with E-state index < -0.39 is 43.6 Å². The number of pyridine rings is 1. The predicted molar refractivity (Wildman–Crippen MR) is 98.4 cm³/mol. The van der Waals surface area contributed by atoms with Crippen LogP contribution in [0.1, 0.15) is 16.7 Å². The molecular weight excluding hydrogens is 474 g/mol. The molecule has 2 heterocycles. The molecule has 0 saturated heterocycles. The van der Waals surface area contributed by atoms with Crippen molar-refractivity contribution in [3.8, 4) is 5.82 Å². The van der Waals surface area contributed by atoms with Crippen molar-refractivity contribution in [3.63, 3.8) is 0 Å². The van der Waals surface area contributed by atoms with Crippen LogP contribution in [0.25, 0.3) is 5.82 Å². The quantitative estimate of drug-likeness (QED) is 0.525. The number of halogens is 7. The summed E-state index contributed by atoms with van der Waals surface area (Å²) in [5.74, 6) is -0.368. The van der Waals surface area contributed by atoms with Crippen LogP contribution in [-0.4, -0.2) is 23.0 Å². The Morgan fingerprint density at radius 3 is 2.19 bits per heavy atom. The Balaban J connectivity index is 2.01. The maximum absolute atomic E-state index is 13.0. The largest absolute Gasteiger partial charge is 0.417 e. The Bertz CT molecular complexity index is 1240. The van der Waals surface area contributed by atoms with Crippen molar-refractivity contribution < 1.29 is 34.8 Å². The molecule has 166 valence electrons. The normalized spacial score (nSPS) is 12.8. The molecule has 0 atom stereocenters. The number of benzene rings is 1. The summed E-state index contributed by atoms with van der Waals surface area (Å²) in [5, 5.41) is -1.11. The number of imidazole rings is 1. The van der Waals surface area contributed by atoms with Gasteiger partial charge in [0.1, 0.15) is 6.33 Å². The minimum Gasteiger partial charge on any atom is -0.278 e. The zero-order valence-electron chi connectivity index (χ0n) is 15.3. The van der Waals surface area contributed by atoms with Crippen LogP contribution < -0.4 is 4.72 Å². The smallest absolute Gasteiger partial charge is 0.278 e. The second kappa shape index (κ2) is 7.71. The molecule has 0 bridgehead atoms. The second-order valence-electron chi connectivity index (χ2n) is 6.32. The lowest BCUT2D eigenvalue weighted by Gasteiger charge is -2.14. The lowest BCUT2D eigenvalue weighted by molar-refractivity contribution is -0.138. The van der Waals surface area contributed by atoms with Gasteiger partial charge in [0.25, 0.3) is 10.0 Å². The Kier molecular flexibility index (Phi) is 5.69. The molecule has 2 aromatic heterocycles. The van der Waals surface area contributed by atoms with Gasteiger partial charge < -0.3 is 0 Å². The molecule has 0 unspecified atom stereocenters. The first kappa shape index (κ1) is 22.9. The molecule has 3 aromatic rings. The lowest BCUT2D eigenvalue weighted by Crippen LogP contribution is -2.18. The summed E-state index contributed by atoms with van der Waals surface area (Å²) in [6, 6.07) is 3.18. The highest BCUT2D eigenvalue weighted by atomic mass is 35.5. The van der Waals surface area contributed by atoms with Gasteiger partial charge in [-0.15, -0.1) is 0 Å². The molecule has 0 amide bonds. The fourth-order valence-electron chi connectivity index (χ4n) is 2.62. The molecule has 0 spiro atoms. The molecule has 1 N–H and O–H groups in total. The third kappa shape index (κ3) is 4.93. The van der Waals surface area contributed by atoms with Crippen molar-refractivity contribution in [2.45, 2.75) is 24.3 Å². The number of anilines is 1. The third-order valence-electron chi connectivity index (χ3n) is 3.91. The Labute approximate surface area is 176 Å². The predicted octanol–water partition coefficient (Wildman–Crippen LogP) is 5.07. The van der Waals surface area contributed by atoms with E-state index in [-0.39, 0.29) is 17.1 Å². The second-order valence-corrected chi connectivity index (χ2v) is 8.36. The maximum atomic E-state index is 13.0. The highest BCUT2D eigenvalue weighted by Crippen LogP contribution is 2.34. The molecule has 14 heteroatoms. The minimum atomic E-state index is -4.72. The van der Waals surface area contributed by atoms with Gasteiger partial charge in [-0.3, -0.25) is 9.29 Å². The van der Waals surface area contributed by atoms with E-state index in [1.807, 2.05) is 4.72 Å². The van der Waals surface area contributed by atoms with Crippen molar-refractivity contribution in [2.24, 2.45) is 0 Å². The minimum absolute atomic E-state index is 0.147. The van der Waals surface area contributed by atoms with Crippen molar-refractivity contribution >= 4 is 27.3 Å². The summed E-state index contributed by atoms with van der Waals surface area (Å²) >= 11 is 5.85.